The van der Waals surface area contributed by atoms with Crippen LogP contribution in [-0.4, -0.2) is 41.9 Å². The molecule has 1 saturated carbocycles. The molecule has 7 nitrogen and oxygen atoms in total. The highest BCUT2D eigenvalue weighted by Crippen LogP contribution is 2.47. The lowest BCUT2D eigenvalue weighted by molar-refractivity contribution is -0.141. The first-order chi connectivity index (χ1) is 13.8. The Morgan fingerprint density at radius 3 is 2.55 bits per heavy atom. The fourth-order valence-corrected chi connectivity index (χ4v) is 4.78. The van der Waals surface area contributed by atoms with Gasteiger partial charge < -0.3 is 14.5 Å². The van der Waals surface area contributed by atoms with Gasteiger partial charge in [-0.05, 0) is 30.3 Å². The maximum atomic E-state index is 12.8. The van der Waals surface area contributed by atoms with Gasteiger partial charge in [-0.1, -0.05) is 20.8 Å². The summed E-state index contributed by atoms with van der Waals surface area (Å²) in [7, 11) is 1.68. The highest BCUT2D eigenvalue weighted by Gasteiger charge is 2.55. The molecule has 2 aromatic rings. The Labute approximate surface area is 169 Å². The zero-order valence-corrected chi connectivity index (χ0v) is 16.9. The van der Waals surface area contributed by atoms with Crippen molar-refractivity contribution in [2.24, 2.45) is 11.3 Å². The maximum absolute atomic E-state index is 12.8. The van der Waals surface area contributed by atoms with Crippen LogP contribution in [0.25, 0.3) is 0 Å². The fraction of sp³-hybridized carbons (Fsp3) is 0.409. The summed E-state index contributed by atoms with van der Waals surface area (Å²) in [5.74, 6) is -0.373. The van der Waals surface area contributed by atoms with E-state index in [4.69, 9.17) is 9.15 Å². The van der Waals surface area contributed by atoms with E-state index < -0.39 is 5.91 Å². The van der Waals surface area contributed by atoms with E-state index in [2.05, 4.69) is 19.2 Å². The topological polar surface area (TPSA) is 88.8 Å². The largest absolute Gasteiger partial charge is 0.467 e. The SMILES string of the molecule is CO[C@@H]1[C@@H](C)[C@@H](NC(=O)c2ccc3c(c2)C(=O)N(Cc2ccco2)C3=O)C1(C)C. The molecule has 1 aliphatic carbocycles. The second-order valence-electron chi connectivity index (χ2n) is 8.32. The van der Waals surface area contributed by atoms with Gasteiger partial charge >= 0.3 is 0 Å². The van der Waals surface area contributed by atoms with Gasteiger partial charge in [0.05, 0.1) is 30.0 Å². The van der Waals surface area contributed by atoms with Crippen LogP contribution in [0.3, 0.4) is 0 Å². The number of benzene rings is 1. The maximum Gasteiger partial charge on any atom is 0.261 e. The van der Waals surface area contributed by atoms with E-state index in [1.807, 2.05) is 6.92 Å². The Balaban J connectivity index is 1.52. The van der Waals surface area contributed by atoms with Crippen LogP contribution in [0.2, 0.25) is 0 Å². The normalized spacial score (nSPS) is 25.0. The minimum Gasteiger partial charge on any atom is -0.467 e. The molecule has 4 rings (SSSR count). The van der Waals surface area contributed by atoms with Gasteiger partial charge in [-0.15, -0.1) is 0 Å². The third kappa shape index (κ3) is 2.97. The van der Waals surface area contributed by atoms with Crippen molar-refractivity contribution in [3.63, 3.8) is 0 Å². The van der Waals surface area contributed by atoms with Gasteiger partial charge in [-0.25, -0.2) is 0 Å². The van der Waals surface area contributed by atoms with Gasteiger partial charge in [-0.2, -0.15) is 0 Å². The number of fused-ring (bicyclic) bond motifs is 1. The number of ether oxygens (including phenoxy) is 1. The van der Waals surface area contributed by atoms with Gasteiger partial charge in [0, 0.05) is 30.0 Å². The van der Waals surface area contributed by atoms with Crippen molar-refractivity contribution in [1.82, 2.24) is 10.2 Å². The van der Waals surface area contributed by atoms with E-state index in [0.717, 1.165) is 4.90 Å². The molecule has 2 aliphatic rings. The number of hydrogen-bond acceptors (Lipinski definition) is 5. The lowest BCUT2D eigenvalue weighted by atomic mass is 9.58. The number of methoxy groups -OCH3 is 1. The van der Waals surface area contributed by atoms with Crippen LogP contribution in [0, 0.1) is 11.3 Å². The fourth-order valence-electron chi connectivity index (χ4n) is 4.78. The Bertz CT molecular complexity index is 979. The smallest absolute Gasteiger partial charge is 0.261 e. The molecule has 1 aliphatic heterocycles. The zero-order valence-electron chi connectivity index (χ0n) is 16.9. The number of nitrogens with one attached hydrogen (secondary N) is 1. The Morgan fingerprint density at radius 1 is 1.21 bits per heavy atom. The number of rotatable bonds is 5. The van der Waals surface area contributed by atoms with Gasteiger partial charge in [0.25, 0.3) is 17.7 Å². The molecule has 0 unspecified atom stereocenters. The van der Waals surface area contributed by atoms with Crippen LogP contribution < -0.4 is 5.32 Å². The molecule has 0 radical (unpaired) electrons. The second kappa shape index (κ2) is 6.84. The summed E-state index contributed by atoms with van der Waals surface area (Å²) in [5, 5.41) is 3.06. The van der Waals surface area contributed by atoms with Crippen molar-refractivity contribution in [2.45, 2.75) is 39.5 Å². The molecule has 1 aromatic carbocycles. The standard InChI is InChI=1S/C22H24N2O5/c1-12-17(22(2,3)18(12)28-4)23-19(25)13-7-8-15-16(10-13)21(27)24(20(15)26)11-14-6-5-9-29-14/h5-10,12,17-18H,11H2,1-4H3,(H,23,25)/t12-,17+,18+/m0/s1. The molecular formula is C22H24N2O5. The van der Waals surface area contributed by atoms with Gasteiger partial charge in [0.1, 0.15) is 5.76 Å². The molecular weight excluding hydrogens is 372 g/mol. The molecule has 1 fully saturated rings. The van der Waals surface area contributed by atoms with Crippen molar-refractivity contribution in [3.8, 4) is 0 Å². The first-order valence-corrected chi connectivity index (χ1v) is 9.62. The summed E-state index contributed by atoms with van der Waals surface area (Å²) in [6, 6.07) is 7.99. The van der Waals surface area contributed by atoms with Crippen LogP contribution in [0.1, 0.15) is 57.6 Å². The number of amides is 3. The predicted octanol–water partition coefficient (Wildman–Crippen LogP) is 2.87. The number of hydrogen-bond donors (Lipinski definition) is 1. The summed E-state index contributed by atoms with van der Waals surface area (Å²) in [4.78, 5) is 39.3. The van der Waals surface area contributed by atoms with Crippen LogP contribution in [0.15, 0.2) is 41.0 Å². The van der Waals surface area contributed by atoms with Crippen molar-refractivity contribution < 1.29 is 23.5 Å². The summed E-state index contributed by atoms with van der Waals surface area (Å²) in [6.45, 7) is 6.22. The van der Waals surface area contributed by atoms with Gasteiger partial charge in [-0.3, -0.25) is 19.3 Å². The average Bonchev–Trinajstić information content (AvgIpc) is 3.29. The minimum absolute atomic E-state index is 0.0408. The molecule has 0 spiro atoms. The molecule has 2 heterocycles. The number of furan rings is 1. The second-order valence-corrected chi connectivity index (χ2v) is 8.32. The van der Waals surface area contributed by atoms with Crippen LogP contribution >= 0.6 is 0 Å². The highest BCUT2D eigenvalue weighted by atomic mass is 16.5. The molecule has 1 N–H and O–H groups in total. The van der Waals surface area contributed by atoms with Crippen molar-refractivity contribution in [3.05, 3.63) is 59.0 Å². The molecule has 7 heteroatoms. The Morgan fingerprint density at radius 2 is 1.93 bits per heavy atom. The van der Waals surface area contributed by atoms with Crippen LogP contribution in [-0.2, 0) is 11.3 Å². The van der Waals surface area contributed by atoms with Crippen molar-refractivity contribution >= 4 is 17.7 Å². The van der Waals surface area contributed by atoms with E-state index in [0.29, 0.717) is 16.9 Å². The molecule has 3 amide bonds. The summed E-state index contributed by atoms with van der Waals surface area (Å²) in [6.07, 6.45) is 1.56. The van der Waals surface area contributed by atoms with E-state index in [1.54, 1.807) is 31.4 Å². The predicted molar refractivity (Wildman–Crippen MR) is 104 cm³/mol. The third-order valence-electron chi connectivity index (χ3n) is 6.21. The lowest BCUT2D eigenvalue weighted by Crippen LogP contribution is -2.67. The summed E-state index contributed by atoms with van der Waals surface area (Å²) >= 11 is 0. The van der Waals surface area contributed by atoms with Crippen LogP contribution in [0.5, 0.6) is 0 Å². The number of imide groups is 1. The van der Waals surface area contributed by atoms with Crippen molar-refractivity contribution in [2.75, 3.05) is 7.11 Å². The Hall–Kier alpha value is -2.93. The monoisotopic (exact) mass is 396 g/mol. The first kappa shape index (κ1) is 19.4. The average molecular weight is 396 g/mol. The molecule has 1 aromatic heterocycles. The number of nitrogens with zero attached hydrogens (tertiary/aromatic N) is 1. The molecule has 29 heavy (non-hydrogen) atoms. The van der Waals surface area contributed by atoms with E-state index in [1.165, 1.54) is 12.3 Å². The first-order valence-electron chi connectivity index (χ1n) is 9.62. The molecule has 0 bridgehead atoms. The van der Waals surface area contributed by atoms with Crippen molar-refractivity contribution in [1.29, 1.82) is 0 Å². The zero-order chi connectivity index (χ0) is 20.9. The molecule has 0 saturated heterocycles. The van der Waals surface area contributed by atoms with E-state index in [9.17, 15) is 14.4 Å². The number of carbonyl (C=O) groups excluding carboxylic acids is 3. The van der Waals surface area contributed by atoms with Gasteiger partial charge in [0.15, 0.2) is 0 Å². The lowest BCUT2D eigenvalue weighted by Gasteiger charge is -2.56. The van der Waals surface area contributed by atoms with Crippen LogP contribution in [0.4, 0.5) is 0 Å². The number of carbonyl (C=O) groups is 3. The highest BCUT2D eigenvalue weighted by molar-refractivity contribution is 6.22. The quantitative estimate of drug-likeness (QED) is 0.785. The molecule has 152 valence electrons. The van der Waals surface area contributed by atoms with Gasteiger partial charge in [0.2, 0.25) is 0 Å². The summed E-state index contributed by atoms with van der Waals surface area (Å²) in [5.41, 5.74) is 0.708. The molecule has 3 atom stereocenters. The van der Waals surface area contributed by atoms with E-state index >= 15 is 0 Å². The Kier molecular flexibility index (Phi) is 4.58. The third-order valence-corrected chi connectivity index (χ3v) is 6.21. The minimum atomic E-state index is -0.423. The summed E-state index contributed by atoms with van der Waals surface area (Å²) < 4.78 is 10.8. The van der Waals surface area contributed by atoms with E-state index in [-0.39, 0.29) is 47.4 Å².